The van der Waals surface area contributed by atoms with Crippen LogP contribution in [0.2, 0.25) is 0 Å². The fraction of sp³-hybridized carbons (Fsp3) is 0.316. The third-order valence-corrected chi connectivity index (χ3v) is 4.08. The fourth-order valence-electron chi connectivity index (χ4n) is 2.97. The Kier molecular flexibility index (Phi) is 3.88. The Bertz CT molecular complexity index is 822. The van der Waals surface area contributed by atoms with E-state index in [1.54, 1.807) is 13.2 Å². The summed E-state index contributed by atoms with van der Waals surface area (Å²) in [6.45, 7) is 4.08. The summed E-state index contributed by atoms with van der Waals surface area (Å²) in [5.41, 5.74) is 2.57. The summed E-state index contributed by atoms with van der Waals surface area (Å²) >= 11 is 0. The summed E-state index contributed by atoms with van der Waals surface area (Å²) < 4.78 is 5.46. The predicted molar refractivity (Wildman–Crippen MR) is 89.4 cm³/mol. The zero-order valence-corrected chi connectivity index (χ0v) is 13.3. The molecule has 0 radical (unpaired) electrons. The van der Waals surface area contributed by atoms with Crippen molar-refractivity contribution in [3.05, 3.63) is 40.4 Å². The van der Waals surface area contributed by atoms with Gasteiger partial charge in [-0.1, -0.05) is 26.0 Å². The number of phenolic OH excluding ortho intramolecular Hbond substituents is 1. The van der Waals surface area contributed by atoms with E-state index in [-0.39, 0.29) is 11.7 Å². The van der Waals surface area contributed by atoms with Crippen molar-refractivity contribution in [2.45, 2.75) is 32.6 Å². The fourth-order valence-corrected chi connectivity index (χ4v) is 2.97. The summed E-state index contributed by atoms with van der Waals surface area (Å²) in [5, 5.41) is 12.7. The first-order valence-corrected chi connectivity index (χ1v) is 7.68. The third-order valence-electron chi connectivity index (χ3n) is 4.08. The molecule has 1 aromatic heterocycles. The summed E-state index contributed by atoms with van der Waals surface area (Å²) in [4.78, 5) is 4.54. The highest BCUT2D eigenvalue weighted by atomic mass is 16.5. The van der Waals surface area contributed by atoms with E-state index in [9.17, 15) is 5.11 Å². The smallest absolute Gasteiger partial charge is 0.126 e. The minimum absolute atomic E-state index is 0.198. The van der Waals surface area contributed by atoms with Gasteiger partial charge in [0, 0.05) is 17.3 Å². The Labute approximate surface area is 130 Å². The molecule has 0 bridgehead atoms. The molecule has 0 atom stereocenters. The zero-order chi connectivity index (χ0) is 15.7. The number of methoxy groups -OCH3 is 1. The van der Waals surface area contributed by atoms with E-state index < -0.39 is 0 Å². The molecule has 3 rings (SSSR count). The first-order chi connectivity index (χ1) is 10.6. The average Bonchev–Trinajstić information content (AvgIpc) is 2.53. The Morgan fingerprint density at radius 1 is 1.09 bits per heavy atom. The Balaban J connectivity index is 2.15. The second-order valence-corrected chi connectivity index (χ2v) is 5.95. The van der Waals surface area contributed by atoms with Crippen LogP contribution >= 0.6 is 0 Å². The monoisotopic (exact) mass is 295 g/mol. The Morgan fingerprint density at radius 2 is 1.82 bits per heavy atom. The van der Waals surface area contributed by atoms with Gasteiger partial charge in [0.05, 0.1) is 12.8 Å². The number of benzene rings is 1. The van der Waals surface area contributed by atoms with Crippen LogP contribution in [-0.4, -0.2) is 17.2 Å². The van der Waals surface area contributed by atoms with E-state index in [0.717, 1.165) is 29.7 Å². The molecule has 0 aliphatic heterocycles. The zero-order valence-electron chi connectivity index (χ0n) is 13.3. The van der Waals surface area contributed by atoms with Crippen molar-refractivity contribution in [2.24, 2.45) is 0 Å². The minimum atomic E-state index is 0.198. The van der Waals surface area contributed by atoms with Crippen LogP contribution < -0.4 is 15.2 Å². The van der Waals surface area contributed by atoms with Crippen molar-refractivity contribution in [3.8, 4) is 22.8 Å². The van der Waals surface area contributed by atoms with Gasteiger partial charge in [0.25, 0.3) is 0 Å². The summed E-state index contributed by atoms with van der Waals surface area (Å²) in [6.07, 6.45) is 8.50. The molecule has 22 heavy (non-hydrogen) atoms. The largest absolute Gasteiger partial charge is 0.507 e. The number of ether oxygens (including phenoxy) is 1. The van der Waals surface area contributed by atoms with Crippen LogP contribution in [-0.2, 0) is 0 Å². The van der Waals surface area contributed by atoms with Gasteiger partial charge in [-0.15, -0.1) is 0 Å². The number of hydrogen-bond donors (Lipinski definition) is 1. The number of aromatic nitrogens is 1. The second kappa shape index (κ2) is 5.84. The van der Waals surface area contributed by atoms with Crippen molar-refractivity contribution in [3.63, 3.8) is 0 Å². The highest BCUT2D eigenvalue weighted by molar-refractivity contribution is 5.67. The van der Waals surface area contributed by atoms with E-state index in [1.165, 1.54) is 10.4 Å². The van der Waals surface area contributed by atoms with Gasteiger partial charge in [0.2, 0.25) is 0 Å². The maximum absolute atomic E-state index is 10.4. The van der Waals surface area contributed by atoms with Crippen LogP contribution in [0.25, 0.3) is 23.4 Å². The van der Waals surface area contributed by atoms with Crippen LogP contribution in [0.4, 0.5) is 0 Å². The highest BCUT2D eigenvalue weighted by Crippen LogP contribution is 2.38. The molecule has 1 aliphatic rings. The lowest BCUT2D eigenvalue weighted by molar-refractivity contribution is 0.396. The molecule has 0 unspecified atom stereocenters. The van der Waals surface area contributed by atoms with Crippen molar-refractivity contribution >= 4 is 12.2 Å². The third kappa shape index (κ3) is 2.59. The molecule has 0 spiro atoms. The van der Waals surface area contributed by atoms with E-state index >= 15 is 0 Å². The molecule has 0 amide bonds. The average molecular weight is 295 g/mol. The standard InChI is InChI=1S/C19H21NO2/c1-12(2)19-17(21)9-15(10-18(19)22-3)16-8-13-6-4-5-7-14(13)11-20-16/h6-12,21H,4-5H2,1-3H3. The molecule has 1 heterocycles. The van der Waals surface area contributed by atoms with Crippen molar-refractivity contribution < 1.29 is 9.84 Å². The summed E-state index contributed by atoms with van der Waals surface area (Å²) in [7, 11) is 1.63. The van der Waals surface area contributed by atoms with Gasteiger partial charge in [-0.3, -0.25) is 4.98 Å². The topological polar surface area (TPSA) is 42.4 Å². The van der Waals surface area contributed by atoms with E-state index in [4.69, 9.17) is 4.74 Å². The number of phenols is 1. The van der Waals surface area contributed by atoms with Crippen molar-refractivity contribution in [1.82, 2.24) is 4.98 Å². The predicted octanol–water partition coefficient (Wildman–Crippen LogP) is 2.94. The molecule has 0 saturated heterocycles. The maximum Gasteiger partial charge on any atom is 0.126 e. The van der Waals surface area contributed by atoms with Gasteiger partial charge in [0.15, 0.2) is 0 Å². The van der Waals surface area contributed by atoms with Crippen LogP contribution in [0.15, 0.2) is 24.4 Å². The van der Waals surface area contributed by atoms with Gasteiger partial charge in [-0.2, -0.15) is 0 Å². The Morgan fingerprint density at radius 3 is 2.50 bits per heavy atom. The van der Waals surface area contributed by atoms with Crippen molar-refractivity contribution in [1.29, 1.82) is 0 Å². The van der Waals surface area contributed by atoms with Gasteiger partial charge < -0.3 is 9.84 Å². The van der Waals surface area contributed by atoms with E-state index in [2.05, 4.69) is 23.2 Å². The molecule has 1 aliphatic carbocycles. The lowest BCUT2D eigenvalue weighted by Gasteiger charge is -2.15. The van der Waals surface area contributed by atoms with Crippen LogP contribution in [0.1, 0.15) is 38.2 Å². The first-order valence-electron chi connectivity index (χ1n) is 7.68. The summed E-state index contributed by atoms with van der Waals surface area (Å²) in [6, 6.07) is 5.81. The quantitative estimate of drug-likeness (QED) is 0.946. The second-order valence-electron chi connectivity index (χ2n) is 5.95. The highest BCUT2D eigenvalue weighted by Gasteiger charge is 2.15. The Hall–Kier alpha value is -2.29. The number of hydrogen-bond acceptors (Lipinski definition) is 3. The van der Waals surface area contributed by atoms with Crippen molar-refractivity contribution in [2.75, 3.05) is 7.11 Å². The number of rotatable bonds is 3. The van der Waals surface area contributed by atoms with Gasteiger partial charge >= 0.3 is 0 Å². The molecule has 2 aromatic rings. The molecule has 0 fully saturated rings. The molecule has 114 valence electrons. The van der Waals surface area contributed by atoms with Crippen LogP contribution in [0, 0.1) is 0 Å². The van der Waals surface area contributed by atoms with Gasteiger partial charge in [-0.05, 0) is 47.4 Å². The first kappa shape index (κ1) is 14.6. The normalized spacial score (nSPS) is 13.3. The van der Waals surface area contributed by atoms with E-state index in [1.807, 2.05) is 26.1 Å². The molecule has 3 nitrogen and oxygen atoms in total. The molecular formula is C19H21NO2. The SMILES string of the molecule is COc1cc(-c2cc3c(cn2)=CCCC=3)cc(O)c1C(C)C. The number of pyridine rings is 1. The summed E-state index contributed by atoms with van der Waals surface area (Å²) in [5.74, 6) is 1.17. The maximum atomic E-state index is 10.4. The minimum Gasteiger partial charge on any atom is -0.507 e. The number of aromatic hydroxyl groups is 1. The molecule has 1 N–H and O–H groups in total. The lowest BCUT2D eigenvalue weighted by atomic mass is 9.97. The van der Waals surface area contributed by atoms with Gasteiger partial charge in [0.1, 0.15) is 11.5 Å². The molecule has 3 heteroatoms. The van der Waals surface area contributed by atoms with Crippen LogP contribution in [0.3, 0.4) is 0 Å². The molecule has 1 aromatic carbocycles. The number of nitrogens with zero attached hydrogens (tertiary/aromatic N) is 1. The molecular weight excluding hydrogens is 274 g/mol. The van der Waals surface area contributed by atoms with Gasteiger partial charge in [-0.25, -0.2) is 0 Å². The molecule has 0 saturated carbocycles. The van der Waals surface area contributed by atoms with Crippen LogP contribution in [0.5, 0.6) is 11.5 Å². The van der Waals surface area contributed by atoms with E-state index in [0.29, 0.717) is 5.75 Å². The number of fused-ring (bicyclic) bond motifs is 1. The lowest BCUT2D eigenvalue weighted by Crippen LogP contribution is -2.27.